The highest BCUT2D eigenvalue weighted by molar-refractivity contribution is 9.10. The molecule has 1 aromatic rings. The first kappa shape index (κ1) is 17.7. The van der Waals surface area contributed by atoms with Crippen LogP contribution in [0.4, 0.5) is 4.79 Å². The van der Waals surface area contributed by atoms with Crippen molar-refractivity contribution < 1.29 is 14.3 Å². The van der Waals surface area contributed by atoms with Crippen molar-refractivity contribution in [3.05, 3.63) is 28.5 Å². The van der Waals surface area contributed by atoms with E-state index in [1.807, 2.05) is 20.8 Å². The molecule has 1 aliphatic heterocycles. The number of piperidine rings is 1. The Morgan fingerprint density at radius 2 is 1.96 bits per heavy atom. The monoisotopic (exact) mass is 383 g/mol. The van der Waals surface area contributed by atoms with Crippen molar-refractivity contribution in [3.8, 4) is 0 Å². The third-order valence-electron chi connectivity index (χ3n) is 3.43. The molecule has 0 aliphatic carbocycles. The van der Waals surface area contributed by atoms with E-state index in [9.17, 15) is 9.59 Å². The van der Waals surface area contributed by atoms with Crippen molar-refractivity contribution in [2.75, 3.05) is 13.1 Å². The van der Waals surface area contributed by atoms with Crippen LogP contribution in [0, 0.1) is 0 Å². The van der Waals surface area contributed by atoms with Gasteiger partial charge in [-0.05, 0) is 61.7 Å². The number of nitrogens with zero attached hydrogens (tertiary/aromatic N) is 2. The van der Waals surface area contributed by atoms with Gasteiger partial charge < -0.3 is 15.0 Å². The minimum atomic E-state index is -0.492. The Hall–Kier alpha value is -1.63. The maximum Gasteiger partial charge on any atom is 0.410 e. The van der Waals surface area contributed by atoms with Crippen LogP contribution < -0.4 is 5.32 Å². The van der Waals surface area contributed by atoms with Crippen LogP contribution in [0.25, 0.3) is 0 Å². The van der Waals surface area contributed by atoms with Crippen LogP contribution >= 0.6 is 15.9 Å². The summed E-state index contributed by atoms with van der Waals surface area (Å²) in [7, 11) is 0. The number of carbonyl (C=O) groups excluding carboxylic acids is 2. The maximum atomic E-state index is 12.2. The molecule has 1 N–H and O–H groups in total. The molecule has 1 aromatic heterocycles. The van der Waals surface area contributed by atoms with Gasteiger partial charge in [-0.1, -0.05) is 6.07 Å². The minimum absolute atomic E-state index is 0.0435. The third-order valence-corrected chi connectivity index (χ3v) is 3.87. The number of rotatable bonds is 2. The van der Waals surface area contributed by atoms with Gasteiger partial charge in [-0.25, -0.2) is 9.78 Å². The predicted octanol–water partition coefficient (Wildman–Crippen LogP) is 2.97. The number of amides is 2. The minimum Gasteiger partial charge on any atom is -0.444 e. The van der Waals surface area contributed by atoms with E-state index in [1.165, 1.54) is 0 Å². The summed E-state index contributed by atoms with van der Waals surface area (Å²) in [6.45, 7) is 6.70. The summed E-state index contributed by atoms with van der Waals surface area (Å²) in [4.78, 5) is 30.0. The van der Waals surface area contributed by atoms with Crippen molar-refractivity contribution in [1.29, 1.82) is 0 Å². The molecule has 0 bridgehead atoms. The second-order valence-corrected chi connectivity index (χ2v) is 7.37. The summed E-state index contributed by atoms with van der Waals surface area (Å²) in [5.74, 6) is -0.193. The van der Waals surface area contributed by atoms with Gasteiger partial charge >= 0.3 is 6.09 Å². The van der Waals surface area contributed by atoms with Crippen LogP contribution in [0.3, 0.4) is 0 Å². The molecule has 0 spiro atoms. The molecule has 0 saturated carbocycles. The van der Waals surface area contributed by atoms with Crippen molar-refractivity contribution in [1.82, 2.24) is 15.2 Å². The molecule has 0 aromatic carbocycles. The van der Waals surface area contributed by atoms with Crippen LogP contribution in [-0.2, 0) is 4.74 Å². The summed E-state index contributed by atoms with van der Waals surface area (Å²) in [5.41, 5.74) is -0.108. The number of pyridine rings is 1. The average Bonchev–Trinajstić information content (AvgIpc) is 2.46. The van der Waals surface area contributed by atoms with Crippen LogP contribution in [0.1, 0.15) is 44.1 Å². The summed E-state index contributed by atoms with van der Waals surface area (Å²) in [6.07, 6.45) is 1.12. The molecular weight excluding hydrogens is 362 g/mol. The maximum absolute atomic E-state index is 12.2. The number of hydrogen-bond donors (Lipinski definition) is 1. The standard InChI is InChI=1S/C16H22BrN3O3/c1-16(2,3)23-15(22)20-9-7-11(8-10-20)18-14(21)12-5-4-6-13(17)19-12/h4-6,11H,7-10H2,1-3H3,(H,18,21). The predicted molar refractivity (Wildman–Crippen MR) is 90.2 cm³/mol. The summed E-state index contributed by atoms with van der Waals surface area (Å²) in [5, 5.41) is 2.97. The molecule has 1 saturated heterocycles. The van der Waals surface area contributed by atoms with Gasteiger partial charge in [0.25, 0.3) is 5.91 Å². The normalized spacial score (nSPS) is 16.1. The molecule has 126 valence electrons. The first-order valence-electron chi connectivity index (χ1n) is 7.66. The zero-order chi connectivity index (χ0) is 17.0. The first-order valence-corrected chi connectivity index (χ1v) is 8.45. The van der Waals surface area contributed by atoms with E-state index in [0.717, 1.165) is 0 Å². The Labute approximate surface area is 144 Å². The molecule has 6 nitrogen and oxygen atoms in total. The Balaban J connectivity index is 1.83. The number of carbonyl (C=O) groups is 2. The molecule has 2 amide bonds. The number of nitrogens with one attached hydrogen (secondary N) is 1. The Kier molecular flexibility index (Phi) is 5.62. The van der Waals surface area contributed by atoms with Gasteiger partial charge in [0.15, 0.2) is 0 Å². The lowest BCUT2D eigenvalue weighted by atomic mass is 10.1. The van der Waals surface area contributed by atoms with Gasteiger partial charge in [-0.3, -0.25) is 4.79 Å². The number of hydrogen-bond acceptors (Lipinski definition) is 4. The van der Waals surface area contributed by atoms with Gasteiger partial charge in [0.2, 0.25) is 0 Å². The lowest BCUT2D eigenvalue weighted by Crippen LogP contribution is -2.47. The molecule has 23 heavy (non-hydrogen) atoms. The summed E-state index contributed by atoms with van der Waals surface area (Å²) >= 11 is 3.25. The number of likely N-dealkylation sites (tertiary alicyclic amines) is 1. The molecular formula is C16H22BrN3O3. The molecule has 0 radical (unpaired) electrons. The second-order valence-electron chi connectivity index (χ2n) is 6.56. The van der Waals surface area contributed by atoms with Crippen LogP contribution in [0.2, 0.25) is 0 Å². The molecule has 2 rings (SSSR count). The zero-order valence-corrected chi connectivity index (χ0v) is 15.2. The quantitative estimate of drug-likeness (QED) is 0.796. The van der Waals surface area contributed by atoms with Gasteiger partial charge in [0.05, 0.1) is 0 Å². The van der Waals surface area contributed by atoms with Crippen LogP contribution in [0.5, 0.6) is 0 Å². The third kappa shape index (κ3) is 5.49. The van der Waals surface area contributed by atoms with Gasteiger partial charge in [-0.2, -0.15) is 0 Å². The van der Waals surface area contributed by atoms with Crippen molar-refractivity contribution in [2.45, 2.75) is 45.3 Å². The molecule has 0 atom stereocenters. The molecule has 1 aliphatic rings. The largest absolute Gasteiger partial charge is 0.444 e. The summed E-state index contributed by atoms with van der Waals surface area (Å²) < 4.78 is 5.99. The lowest BCUT2D eigenvalue weighted by molar-refractivity contribution is 0.0199. The van der Waals surface area contributed by atoms with Crippen molar-refractivity contribution in [3.63, 3.8) is 0 Å². The fourth-order valence-corrected chi connectivity index (χ4v) is 2.67. The van der Waals surface area contributed by atoms with E-state index in [-0.39, 0.29) is 18.0 Å². The first-order chi connectivity index (χ1) is 10.7. The van der Waals surface area contributed by atoms with Gasteiger partial charge in [-0.15, -0.1) is 0 Å². The average molecular weight is 384 g/mol. The highest BCUT2D eigenvalue weighted by Crippen LogP contribution is 2.16. The Morgan fingerprint density at radius 3 is 2.52 bits per heavy atom. The smallest absolute Gasteiger partial charge is 0.410 e. The van der Waals surface area contributed by atoms with E-state index >= 15 is 0 Å². The van der Waals surface area contributed by atoms with E-state index in [4.69, 9.17) is 4.74 Å². The summed E-state index contributed by atoms with van der Waals surface area (Å²) in [6, 6.07) is 5.27. The Bertz CT molecular complexity index is 578. The fourth-order valence-electron chi connectivity index (χ4n) is 2.33. The lowest BCUT2D eigenvalue weighted by Gasteiger charge is -2.33. The topological polar surface area (TPSA) is 71.5 Å². The second kappa shape index (κ2) is 7.29. The highest BCUT2D eigenvalue weighted by Gasteiger charge is 2.27. The molecule has 2 heterocycles. The van der Waals surface area contributed by atoms with E-state index in [1.54, 1.807) is 23.1 Å². The molecule has 1 fully saturated rings. The van der Waals surface area contributed by atoms with Crippen LogP contribution in [0.15, 0.2) is 22.8 Å². The fraction of sp³-hybridized carbons (Fsp3) is 0.562. The number of aromatic nitrogens is 1. The molecule has 0 unspecified atom stereocenters. The van der Waals surface area contributed by atoms with Gasteiger partial charge in [0.1, 0.15) is 15.9 Å². The van der Waals surface area contributed by atoms with Gasteiger partial charge in [0, 0.05) is 19.1 Å². The van der Waals surface area contributed by atoms with E-state index in [0.29, 0.717) is 36.2 Å². The number of halogens is 1. The van der Waals surface area contributed by atoms with E-state index in [2.05, 4.69) is 26.2 Å². The highest BCUT2D eigenvalue weighted by atomic mass is 79.9. The Morgan fingerprint density at radius 1 is 1.30 bits per heavy atom. The van der Waals surface area contributed by atoms with Crippen LogP contribution in [-0.4, -0.2) is 46.6 Å². The number of ether oxygens (including phenoxy) is 1. The SMILES string of the molecule is CC(C)(C)OC(=O)N1CCC(NC(=O)c2cccc(Br)n2)CC1. The van der Waals surface area contributed by atoms with Crippen molar-refractivity contribution >= 4 is 27.9 Å². The van der Waals surface area contributed by atoms with E-state index < -0.39 is 5.60 Å². The molecule has 7 heteroatoms. The zero-order valence-electron chi connectivity index (χ0n) is 13.6. The van der Waals surface area contributed by atoms with Crippen molar-refractivity contribution in [2.24, 2.45) is 0 Å².